The zero-order valence-electron chi connectivity index (χ0n) is 11.8. The molecule has 2 aromatic rings. The Labute approximate surface area is 128 Å². The van der Waals surface area contributed by atoms with Gasteiger partial charge >= 0.3 is 6.03 Å². The number of urea groups is 1. The topological polar surface area (TPSA) is 104 Å². The number of hydrogen-bond acceptors (Lipinski definition) is 3. The van der Waals surface area contributed by atoms with Crippen molar-refractivity contribution in [3.63, 3.8) is 0 Å². The molecule has 0 spiro atoms. The van der Waals surface area contributed by atoms with E-state index in [4.69, 9.17) is 5.73 Å². The number of hydrogen-bond donors (Lipinski definition) is 4. The van der Waals surface area contributed by atoms with Crippen molar-refractivity contribution in [3.05, 3.63) is 65.7 Å². The maximum Gasteiger partial charge on any atom is 0.319 e. The summed E-state index contributed by atoms with van der Waals surface area (Å²) in [5.41, 5.74) is 6.74. The maximum absolute atomic E-state index is 12.0. The molecule has 0 saturated carbocycles. The summed E-state index contributed by atoms with van der Waals surface area (Å²) in [4.78, 5) is 23.1. The molecule has 5 N–H and O–H groups in total. The van der Waals surface area contributed by atoms with Crippen LogP contribution in [0.2, 0.25) is 0 Å². The fourth-order valence-electron chi connectivity index (χ4n) is 2.00. The van der Waals surface area contributed by atoms with Crippen LogP contribution in [0, 0.1) is 0 Å². The van der Waals surface area contributed by atoms with Gasteiger partial charge in [-0.15, -0.1) is 0 Å². The third-order valence-corrected chi connectivity index (χ3v) is 3.09. The Morgan fingerprint density at radius 1 is 1.09 bits per heavy atom. The van der Waals surface area contributed by atoms with Crippen LogP contribution in [0.25, 0.3) is 0 Å². The number of carbonyl (C=O) groups is 2. The van der Waals surface area contributed by atoms with Gasteiger partial charge in [-0.2, -0.15) is 0 Å². The summed E-state index contributed by atoms with van der Waals surface area (Å²) in [5.74, 6) is -0.568. The van der Waals surface area contributed by atoms with Gasteiger partial charge in [-0.1, -0.05) is 36.4 Å². The predicted molar refractivity (Wildman–Crippen MR) is 83.4 cm³/mol. The maximum atomic E-state index is 12.0. The van der Waals surface area contributed by atoms with E-state index in [2.05, 4.69) is 10.6 Å². The first-order valence-corrected chi connectivity index (χ1v) is 6.73. The fraction of sp³-hybridized carbons (Fsp3) is 0.125. The number of aliphatic hydroxyl groups excluding tert-OH is 1. The van der Waals surface area contributed by atoms with Crippen LogP contribution in [0.4, 0.5) is 10.5 Å². The first-order chi connectivity index (χ1) is 10.6. The number of aliphatic hydroxyl groups is 1. The lowest BCUT2D eigenvalue weighted by Gasteiger charge is -2.17. The monoisotopic (exact) mass is 299 g/mol. The van der Waals surface area contributed by atoms with Gasteiger partial charge in [0.15, 0.2) is 0 Å². The first kappa shape index (κ1) is 15.5. The van der Waals surface area contributed by atoms with E-state index in [1.165, 1.54) is 6.07 Å². The molecule has 0 heterocycles. The van der Waals surface area contributed by atoms with Crippen LogP contribution in [0.3, 0.4) is 0 Å². The van der Waals surface area contributed by atoms with Gasteiger partial charge in [0, 0.05) is 11.3 Å². The molecule has 0 radical (unpaired) electrons. The van der Waals surface area contributed by atoms with Gasteiger partial charge in [-0.05, 0) is 23.8 Å². The third-order valence-electron chi connectivity index (χ3n) is 3.09. The SMILES string of the molecule is NC(=O)c1cccc(NC(=O)NC(CO)c2ccccc2)c1. The molecular weight excluding hydrogens is 282 g/mol. The lowest BCUT2D eigenvalue weighted by Crippen LogP contribution is -2.34. The van der Waals surface area contributed by atoms with Crippen molar-refractivity contribution in [1.29, 1.82) is 0 Å². The van der Waals surface area contributed by atoms with E-state index in [1.807, 2.05) is 30.3 Å². The van der Waals surface area contributed by atoms with E-state index >= 15 is 0 Å². The highest BCUT2D eigenvalue weighted by atomic mass is 16.3. The van der Waals surface area contributed by atoms with Gasteiger partial charge in [-0.25, -0.2) is 4.79 Å². The Hall–Kier alpha value is -2.86. The minimum absolute atomic E-state index is 0.223. The van der Waals surface area contributed by atoms with E-state index in [0.717, 1.165) is 5.56 Å². The molecule has 0 aliphatic heterocycles. The molecule has 6 heteroatoms. The van der Waals surface area contributed by atoms with Crippen LogP contribution in [0.5, 0.6) is 0 Å². The number of rotatable bonds is 5. The number of benzene rings is 2. The minimum Gasteiger partial charge on any atom is -0.394 e. The van der Waals surface area contributed by atoms with Crippen LogP contribution in [-0.2, 0) is 0 Å². The molecule has 0 aromatic heterocycles. The van der Waals surface area contributed by atoms with E-state index in [0.29, 0.717) is 11.3 Å². The molecule has 3 amide bonds. The highest BCUT2D eigenvalue weighted by Gasteiger charge is 2.13. The van der Waals surface area contributed by atoms with E-state index in [-0.39, 0.29) is 6.61 Å². The molecule has 1 atom stereocenters. The number of carbonyl (C=O) groups excluding carboxylic acids is 2. The van der Waals surface area contributed by atoms with Crippen molar-refractivity contribution in [1.82, 2.24) is 5.32 Å². The van der Waals surface area contributed by atoms with Crippen LogP contribution in [0.15, 0.2) is 54.6 Å². The molecule has 0 bridgehead atoms. The van der Waals surface area contributed by atoms with Crippen molar-refractivity contribution in [2.75, 3.05) is 11.9 Å². The number of nitrogens with two attached hydrogens (primary N) is 1. The Bertz CT molecular complexity index is 659. The van der Waals surface area contributed by atoms with Crippen molar-refractivity contribution >= 4 is 17.6 Å². The summed E-state index contributed by atoms with van der Waals surface area (Å²) in [6, 6.07) is 14.5. The highest BCUT2D eigenvalue weighted by molar-refractivity contribution is 5.95. The standard InChI is InChI=1S/C16H17N3O3/c17-15(21)12-7-4-8-13(9-12)18-16(22)19-14(10-20)11-5-2-1-3-6-11/h1-9,14,20H,10H2,(H2,17,21)(H2,18,19,22). The van der Waals surface area contributed by atoms with E-state index in [9.17, 15) is 14.7 Å². The normalized spacial score (nSPS) is 11.5. The summed E-state index contributed by atoms with van der Waals surface area (Å²) >= 11 is 0. The van der Waals surface area contributed by atoms with Crippen LogP contribution in [0.1, 0.15) is 22.0 Å². The number of amides is 3. The summed E-state index contributed by atoms with van der Waals surface area (Å²) in [7, 11) is 0. The van der Waals surface area contributed by atoms with E-state index < -0.39 is 18.0 Å². The van der Waals surface area contributed by atoms with Gasteiger partial charge in [0.25, 0.3) is 0 Å². The average Bonchev–Trinajstić information content (AvgIpc) is 2.53. The molecule has 22 heavy (non-hydrogen) atoms. The predicted octanol–water partition coefficient (Wildman–Crippen LogP) is 1.64. The van der Waals surface area contributed by atoms with Crippen LogP contribution in [-0.4, -0.2) is 23.7 Å². The molecule has 2 rings (SSSR count). The minimum atomic E-state index is -0.568. The molecule has 0 aliphatic carbocycles. The molecule has 6 nitrogen and oxygen atoms in total. The lowest BCUT2D eigenvalue weighted by atomic mass is 10.1. The summed E-state index contributed by atoms with van der Waals surface area (Å²) < 4.78 is 0. The molecule has 0 aliphatic rings. The zero-order valence-corrected chi connectivity index (χ0v) is 11.8. The van der Waals surface area contributed by atoms with Gasteiger partial charge in [-0.3, -0.25) is 4.79 Å². The first-order valence-electron chi connectivity index (χ1n) is 6.73. The second-order valence-corrected chi connectivity index (χ2v) is 4.69. The highest BCUT2D eigenvalue weighted by Crippen LogP contribution is 2.13. The van der Waals surface area contributed by atoms with Gasteiger partial charge < -0.3 is 21.5 Å². The van der Waals surface area contributed by atoms with Crippen molar-refractivity contribution in [2.45, 2.75) is 6.04 Å². The third kappa shape index (κ3) is 4.07. The quantitative estimate of drug-likeness (QED) is 0.674. The lowest BCUT2D eigenvalue weighted by molar-refractivity contribution is 0.100. The summed E-state index contributed by atoms with van der Waals surface area (Å²) in [6.45, 7) is -0.223. The number of primary amides is 1. The molecule has 0 fully saturated rings. The van der Waals surface area contributed by atoms with E-state index in [1.54, 1.807) is 18.2 Å². The van der Waals surface area contributed by atoms with Crippen molar-refractivity contribution < 1.29 is 14.7 Å². The second kappa shape index (κ2) is 7.24. The Morgan fingerprint density at radius 3 is 2.45 bits per heavy atom. The van der Waals surface area contributed by atoms with Gasteiger partial charge in [0.2, 0.25) is 5.91 Å². The Balaban J connectivity index is 2.03. The number of anilines is 1. The Kier molecular flexibility index (Phi) is 5.11. The van der Waals surface area contributed by atoms with Gasteiger partial charge in [0.05, 0.1) is 12.6 Å². The summed E-state index contributed by atoms with van der Waals surface area (Å²) in [5, 5.41) is 14.7. The average molecular weight is 299 g/mol. The smallest absolute Gasteiger partial charge is 0.319 e. The number of nitrogens with one attached hydrogen (secondary N) is 2. The summed E-state index contributed by atoms with van der Waals surface area (Å²) in [6.07, 6.45) is 0. The van der Waals surface area contributed by atoms with Crippen LogP contribution < -0.4 is 16.4 Å². The zero-order chi connectivity index (χ0) is 15.9. The Morgan fingerprint density at radius 2 is 1.82 bits per heavy atom. The molecular formula is C16H17N3O3. The van der Waals surface area contributed by atoms with Crippen LogP contribution >= 0.6 is 0 Å². The van der Waals surface area contributed by atoms with Crippen molar-refractivity contribution in [3.8, 4) is 0 Å². The fourth-order valence-corrected chi connectivity index (χ4v) is 2.00. The molecule has 1 unspecified atom stereocenters. The molecule has 114 valence electrons. The van der Waals surface area contributed by atoms with Crippen molar-refractivity contribution in [2.24, 2.45) is 5.73 Å². The molecule has 2 aromatic carbocycles. The second-order valence-electron chi connectivity index (χ2n) is 4.69. The largest absolute Gasteiger partial charge is 0.394 e. The molecule has 0 saturated heterocycles. The van der Waals surface area contributed by atoms with Gasteiger partial charge in [0.1, 0.15) is 0 Å².